The van der Waals surface area contributed by atoms with E-state index in [9.17, 15) is 18.0 Å². The number of aromatic nitrogens is 1. The summed E-state index contributed by atoms with van der Waals surface area (Å²) in [7, 11) is -1.14. The molecule has 2 aromatic carbocycles. The van der Waals surface area contributed by atoms with Crippen LogP contribution in [0.1, 0.15) is 10.4 Å². The Morgan fingerprint density at radius 3 is 2.56 bits per heavy atom. The molecule has 0 radical (unpaired) electrons. The number of nitrogens with two attached hydrogens (primary N) is 1. The Labute approximate surface area is 143 Å². The van der Waals surface area contributed by atoms with E-state index >= 15 is 0 Å². The van der Waals surface area contributed by atoms with E-state index in [-0.39, 0.29) is 21.7 Å². The van der Waals surface area contributed by atoms with Crippen molar-refractivity contribution < 1.29 is 17.6 Å². The molecule has 2 N–H and O–H groups in total. The zero-order valence-electron chi connectivity index (χ0n) is 13.5. The van der Waals surface area contributed by atoms with Crippen molar-refractivity contribution in [3.8, 4) is 0 Å². The largest absolute Gasteiger partial charge is 0.419 e. The highest BCUT2D eigenvalue weighted by Crippen LogP contribution is 2.27. The van der Waals surface area contributed by atoms with Crippen LogP contribution in [0, 0.1) is 0 Å². The lowest BCUT2D eigenvalue weighted by atomic mass is 10.2. The molecule has 0 atom stereocenters. The molecular formula is C16H15N3O5S. The third-order valence-electron chi connectivity index (χ3n) is 3.93. The van der Waals surface area contributed by atoms with Crippen molar-refractivity contribution >= 4 is 32.7 Å². The van der Waals surface area contributed by atoms with Crippen molar-refractivity contribution in [3.63, 3.8) is 0 Å². The van der Waals surface area contributed by atoms with E-state index in [1.165, 1.54) is 49.0 Å². The summed E-state index contributed by atoms with van der Waals surface area (Å²) in [6.45, 7) is 0. The van der Waals surface area contributed by atoms with E-state index in [2.05, 4.69) is 0 Å². The van der Waals surface area contributed by atoms with Gasteiger partial charge in [-0.3, -0.25) is 13.7 Å². The summed E-state index contributed by atoms with van der Waals surface area (Å²) in [6, 6.07) is 10.3. The van der Waals surface area contributed by atoms with Crippen molar-refractivity contribution in [2.24, 2.45) is 12.8 Å². The molecule has 0 aliphatic heterocycles. The summed E-state index contributed by atoms with van der Waals surface area (Å²) >= 11 is 0. The van der Waals surface area contributed by atoms with Crippen molar-refractivity contribution in [2.45, 2.75) is 4.90 Å². The highest BCUT2D eigenvalue weighted by atomic mass is 32.2. The Bertz CT molecular complexity index is 1140. The normalized spacial score (nSPS) is 11.6. The monoisotopic (exact) mass is 361 g/mol. The second-order valence-corrected chi connectivity index (χ2v) is 7.38. The maximum absolute atomic E-state index is 12.9. The molecule has 1 amide bonds. The lowest BCUT2D eigenvalue weighted by Crippen LogP contribution is -2.29. The van der Waals surface area contributed by atoms with E-state index in [0.717, 1.165) is 4.31 Å². The Kier molecular flexibility index (Phi) is 3.88. The van der Waals surface area contributed by atoms with Crippen LogP contribution in [-0.2, 0) is 17.1 Å². The minimum Gasteiger partial charge on any atom is -0.408 e. The molecule has 8 nitrogen and oxygen atoms in total. The number of fused-ring (bicyclic) bond motifs is 1. The Morgan fingerprint density at radius 1 is 1.20 bits per heavy atom. The predicted molar refractivity (Wildman–Crippen MR) is 92.0 cm³/mol. The van der Waals surface area contributed by atoms with Gasteiger partial charge in [-0.15, -0.1) is 0 Å². The summed E-state index contributed by atoms with van der Waals surface area (Å²) in [5.41, 5.74) is 6.19. The van der Waals surface area contributed by atoms with E-state index in [1.807, 2.05) is 0 Å². The second kappa shape index (κ2) is 5.78. The Hall–Kier alpha value is -3.07. The number of rotatable bonds is 4. The van der Waals surface area contributed by atoms with Gasteiger partial charge in [0.1, 0.15) is 0 Å². The van der Waals surface area contributed by atoms with Gasteiger partial charge < -0.3 is 10.2 Å². The molecule has 25 heavy (non-hydrogen) atoms. The molecular weight excluding hydrogens is 346 g/mol. The van der Waals surface area contributed by atoms with Crippen LogP contribution in [-0.4, -0.2) is 25.9 Å². The topological polar surface area (TPSA) is 116 Å². The number of amides is 1. The van der Waals surface area contributed by atoms with E-state index in [1.54, 1.807) is 12.1 Å². The zero-order valence-corrected chi connectivity index (χ0v) is 14.3. The molecule has 0 aliphatic carbocycles. The number of carbonyl (C=O) groups excluding carboxylic acids is 1. The zero-order chi connectivity index (χ0) is 18.4. The first-order valence-corrected chi connectivity index (χ1v) is 8.65. The van der Waals surface area contributed by atoms with Crippen LogP contribution >= 0.6 is 0 Å². The van der Waals surface area contributed by atoms with Gasteiger partial charge in [0.05, 0.1) is 21.7 Å². The van der Waals surface area contributed by atoms with Gasteiger partial charge in [-0.05, 0) is 24.3 Å². The number of anilines is 1. The number of primary amides is 1. The number of para-hydroxylation sites is 1. The van der Waals surface area contributed by atoms with E-state index < -0.39 is 21.7 Å². The maximum atomic E-state index is 12.9. The van der Waals surface area contributed by atoms with Crippen molar-refractivity contribution in [1.82, 2.24) is 4.57 Å². The second-order valence-electron chi connectivity index (χ2n) is 5.41. The first-order valence-electron chi connectivity index (χ1n) is 7.21. The van der Waals surface area contributed by atoms with Gasteiger partial charge in [0.15, 0.2) is 5.58 Å². The number of aryl methyl sites for hydroxylation is 1. The molecule has 0 aliphatic rings. The number of hydrogen-bond acceptors (Lipinski definition) is 5. The fourth-order valence-corrected chi connectivity index (χ4v) is 3.75. The summed E-state index contributed by atoms with van der Waals surface area (Å²) in [5.74, 6) is -1.32. The smallest absolute Gasteiger partial charge is 0.408 e. The molecule has 130 valence electrons. The van der Waals surface area contributed by atoms with Gasteiger partial charge in [-0.25, -0.2) is 13.2 Å². The van der Waals surface area contributed by atoms with Crippen LogP contribution in [0.5, 0.6) is 0 Å². The minimum absolute atomic E-state index is 0.0730. The summed E-state index contributed by atoms with van der Waals surface area (Å²) in [6.07, 6.45) is 0. The van der Waals surface area contributed by atoms with Crippen molar-refractivity contribution in [2.75, 3.05) is 11.4 Å². The lowest BCUT2D eigenvalue weighted by Gasteiger charge is -2.21. The average Bonchev–Trinajstić information content (AvgIpc) is 2.88. The molecule has 0 saturated carbocycles. The molecule has 1 heterocycles. The Morgan fingerprint density at radius 2 is 1.88 bits per heavy atom. The molecule has 0 saturated heterocycles. The van der Waals surface area contributed by atoms with Crippen LogP contribution in [0.25, 0.3) is 11.1 Å². The number of sulfonamides is 1. The maximum Gasteiger partial charge on any atom is 0.419 e. The van der Waals surface area contributed by atoms with Crippen LogP contribution < -0.4 is 15.8 Å². The van der Waals surface area contributed by atoms with Crippen LogP contribution in [0.3, 0.4) is 0 Å². The van der Waals surface area contributed by atoms with Crippen molar-refractivity contribution in [3.05, 3.63) is 58.6 Å². The number of oxazole rings is 1. The number of carbonyl (C=O) groups is 1. The SMILES string of the molecule is CN(c1ccccc1C(N)=O)S(=O)(=O)c1ccc2c(c1)oc(=O)n2C. The number of nitrogens with zero attached hydrogens (tertiary/aromatic N) is 2. The van der Waals surface area contributed by atoms with Gasteiger partial charge in [0, 0.05) is 20.2 Å². The third kappa shape index (κ3) is 2.68. The fraction of sp³-hybridized carbons (Fsp3) is 0.125. The minimum atomic E-state index is -3.99. The Balaban J connectivity index is 2.13. The van der Waals surface area contributed by atoms with Crippen molar-refractivity contribution in [1.29, 1.82) is 0 Å². The van der Waals surface area contributed by atoms with Crippen LogP contribution in [0.4, 0.5) is 5.69 Å². The van der Waals surface area contributed by atoms with Crippen LogP contribution in [0.15, 0.2) is 56.6 Å². The van der Waals surface area contributed by atoms with Crippen LogP contribution in [0.2, 0.25) is 0 Å². The first-order chi connectivity index (χ1) is 11.7. The molecule has 3 aromatic rings. The fourth-order valence-electron chi connectivity index (χ4n) is 2.52. The number of hydrogen-bond donors (Lipinski definition) is 1. The third-order valence-corrected chi connectivity index (χ3v) is 5.70. The molecule has 3 rings (SSSR count). The summed E-state index contributed by atoms with van der Waals surface area (Å²) in [4.78, 5) is 23.0. The highest BCUT2D eigenvalue weighted by Gasteiger charge is 2.25. The lowest BCUT2D eigenvalue weighted by molar-refractivity contribution is 0.100. The van der Waals surface area contributed by atoms with Gasteiger partial charge in [-0.2, -0.15) is 0 Å². The molecule has 0 bridgehead atoms. The van der Waals surface area contributed by atoms with Gasteiger partial charge >= 0.3 is 5.76 Å². The van der Waals surface area contributed by atoms with E-state index in [0.29, 0.717) is 5.52 Å². The molecule has 0 fully saturated rings. The molecule has 1 aromatic heterocycles. The predicted octanol–water partition coefficient (Wildman–Crippen LogP) is 1.06. The quantitative estimate of drug-likeness (QED) is 0.746. The molecule has 0 spiro atoms. The average molecular weight is 361 g/mol. The summed E-state index contributed by atoms with van der Waals surface area (Å²) in [5, 5.41) is 0. The standard InChI is InChI=1S/C16H15N3O5S/c1-18-13-8-7-10(9-14(13)24-16(18)21)25(22,23)19(2)12-6-4-3-5-11(12)15(17)20/h3-9H,1-2H3,(H2,17,20). The number of benzene rings is 2. The van der Waals surface area contributed by atoms with Gasteiger partial charge in [-0.1, -0.05) is 12.1 Å². The molecule has 9 heteroatoms. The van der Waals surface area contributed by atoms with Gasteiger partial charge in [0.2, 0.25) is 0 Å². The first kappa shape index (κ1) is 16.8. The highest BCUT2D eigenvalue weighted by molar-refractivity contribution is 7.92. The summed E-state index contributed by atoms with van der Waals surface area (Å²) < 4.78 is 33.1. The van der Waals surface area contributed by atoms with Gasteiger partial charge in [0.25, 0.3) is 15.9 Å². The molecule has 0 unspecified atom stereocenters. The van der Waals surface area contributed by atoms with E-state index in [4.69, 9.17) is 10.2 Å².